The van der Waals surface area contributed by atoms with Crippen LogP contribution < -0.4 is 0 Å². The van der Waals surface area contributed by atoms with Gasteiger partial charge in [0.15, 0.2) is 0 Å². The van der Waals surface area contributed by atoms with Crippen LogP contribution in [0.4, 0.5) is 0 Å². The molecule has 0 spiro atoms. The molecule has 4 aliphatic rings. The van der Waals surface area contributed by atoms with Gasteiger partial charge in [-0.05, 0) is 130 Å². The first kappa shape index (κ1) is 23.1. The third kappa shape index (κ3) is 3.81. The van der Waals surface area contributed by atoms with E-state index in [9.17, 15) is 10.2 Å². The van der Waals surface area contributed by atoms with Gasteiger partial charge in [-0.15, -0.1) is 0 Å². The molecule has 4 rings (SSSR count). The highest BCUT2D eigenvalue weighted by Gasteiger charge is 2.61. The lowest BCUT2D eigenvalue weighted by Gasteiger charge is -2.62. The Bertz CT molecular complexity index is 612. The number of hydrogen-bond donors (Lipinski definition) is 2. The lowest BCUT2D eigenvalue weighted by Crippen LogP contribution is -2.55. The normalized spacial score (nSPS) is 50.5. The minimum absolute atomic E-state index is 0.125. The number of hydrogen-bond acceptors (Lipinski definition) is 2. The third-order valence-electron chi connectivity index (χ3n) is 11.3. The Morgan fingerprint density at radius 3 is 2.20 bits per heavy atom. The maximum Gasteiger partial charge on any atom is 0.0622 e. The van der Waals surface area contributed by atoms with Gasteiger partial charge in [0.25, 0.3) is 0 Å². The number of aliphatic hydroxyl groups excluding tert-OH is 1. The summed E-state index contributed by atoms with van der Waals surface area (Å²) in [5.74, 6) is 5.15. The average Bonchev–Trinajstić information content (AvgIpc) is 3.03. The van der Waals surface area contributed by atoms with Crippen LogP contribution in [0.15, 0.2) is 0 Å². The van der Waals surface area contributed by atoms with Gasteiger partial charge in [-0.25, -0.2) is 0 Å². The average molecular weight is 419 g/mol. The summed E-state index contributed by atoms with van der Waals surface area (Å²) in [6, 6.07) is 0. The summed E-state index contributed by atoms with van der Waals surface area (Å²) in [6.45, 7) is 14.2. The van der Waals surface area contributed by atoms with E-state index in [-0.39, 0.29) is 6.10 Å². The summed E-state index contributed by atoms with van der Waals surface area (Å²) in [5, 5.41) is 21.7. The molecular weight excluding hydrogens is 368 g/mol. The Kier molecular flexibility index (Phi) is 6.20. The minimum atomic E-state index is -0.430. The summed E-state index contributed by atoms with van der Waals surface area (Å²) in [7, 11) is 0. The molecule has 4 saturated carbocycles. The first-order valence-electron chi connectivity index (χ1n) is 13.4. The molecule has 2 N–H and O–H groups in total. The molecule has 0 heterocycles. The van der Waals surface area contributed by atoms with Crippen molar-refractivity contribution in [3.05, 3.63) is 0 Å². The summed E-state index contributed by atoms with van der Waals surface area (Å²) >= 11 is 0. The molecule has 30 heavy (non-hydrogen) atoms. The summed E-state index contributed by atoms with van der Waals surface area (Å²) < 4.78 is 0. The second-order valence-electron chi connectivity index (χ2n) is 13.5. The molecule has 174 valence electrons. The molecule has 2 nitrogen and oxygen atoms in total. The monoisotopic (exact) mass is 418 g/mol. The summed E-state index contributed by atoms with van der Waals surface area (Å²) in [6.07, 6.45) is 13.4. The largest absolute Gasteiger partial charge is 0.393 e. The molecule has 2 heteroatoms. The number of rotatable bonds is 5. The van der Waals surface area contributed by atoms with E-state index in [1.165, 1.54) is 44.9 Å². The Hall–Kier alpha value is -0.0800. The van der Waals surface area contributed by atoms with Crippen LogP contribution in [-0.2, 0) is 0 Å². The van der Waals surface area contributed by atoms with Crippen LogP contribution in [0.3, 0.4) is 0 Å². The molecule has 0 radical (unpaired) electrons. The molecule has 0 amide bonds. The van der Waals surface area contributed by atoms with E-state index in [1.54, 1.807) is 0 Å². The van der Waals surface area contributed by atoms with Gasteiger partial charge in [-0.3, -0.25) is 0 Å². The van der Waals surface area contributed by atoms with Crippen molar-refractivity contribution >= 4 is 0 Å². The maximum absolute atomic E-state index is 11.0. The van der Waals surface area contributed by atoms with Gasteiger partial charge < -0.3 is 10.2 Å². The quantitative estimate of drug-likeness (QED) is 0.513. The zero-order valence-electron chi connectivity index (χ0n) is 20.8. The first-order valence-corrected chi connectivity index (χ1v) is 13.4. The Morgan fingerprint density at radius 2 is 1.50 bits per heavy atom. The van der Waals surface area contributed by atoms with Gasteiger partial charge in [-0.1, -0.05) is 34.6 Å². The van der Waals surface area contributed by atoms with Crippen LogP contribution in [0, 0.1) is 52.3 Å². The lowest BCUT2D eigenvalue weighted by atomic mass is 9.43. The molecule has 0 aromatic rings. The van der Waals surface area contributed by atoms with E-state index in [0.717, 1.165) is 49.4 Å². The smallest absolute Gasteiger partial charge is 0.0622 e. The van der Waals surface area contributed by atoms with Crippen molar-refractivity contribution in [1.29, 1.82) is 0 Å². The third-order valence-corrected chi connectivity index (χ3v) is 11.3. The second kappa shape index (κ2) is 8.05. The van der Waals surface area contributed by atoms with Crippen LogP contribution in [0.25, 0.3) is 0 Å². The van der Waals surface area contributed by atoms with Gasteiger partial charge >= 0.3 is 0 Å². The summed E-state index contributed by atoms with van der Waals surface area (Å²) in [4.78, 5) is 0. The van der Waals surface area contributed by atoms with Crippen molar-refractivity contribution in [2.24, 2.45) is 52.3 Å². The molecule has 4 fully saturated rings. The number of aliphatic hydroxyl groups is 2. The SMILES string of the molecule is CC(C)CC[C@@H](O)[C@@H](C)[C@H]1CC[C@H]2[C@@H]3CC[C@@H]4C[C@@](C)(O)CC[C@]4(C)[C@H]3CC[C@]12C. The fourth-order valence-corrected chi connectivity index (χ4v) is 9.37. The van der Waals surface area contributed by atoms with Crippen molar-refractivity contribution < 1.29 is 10.2 Å². The number of fused-ring (bicyclic) bond motifs is 5. The minimum Gasteiger partial charge on any atom is -0.393 e. The Balaban J connectivity index is 1.49. The van der Waals surface area contributed by atoms with Crippen molar-refractivity contribution in [2.45, 2.75) is 124 Å². The maximum atomic E-state index is 11.0. The summed E-state index contributed by atoms with van der Waals surface area (Å²) in [5.41, 5.74) is 0.454. The zero-order chi connectivity index (χ0) is 21.9. The molecule has 0 aromatic heterocycles. The fraction of sp³-hybridized carbons (Fsp3) is 1.00. The standard InChI is InChI=1S/C28H50O2/c1-18(2)7-12-25(29)19(3)22-10-11-23-21-9-8-20-17-26(4,30)15-16-27(20,5)24(21)13-14-28(22,23)6/h18-25,29-30H,7-17H2,1-6H3/t19-,20+,21-,22+,23-,24-,25+,26-,27-,28+/m0/s1. The van der Waals surface area contributed by atoms with Crippen LogP contribution >= 0.6 is 0 Å². The molecular formula is C28H50O2. The van der Waals surface area contributed by atoms with E-state index < -0.39 is 5.60 Å². The van der Waals surface area contributed by atoms with Crippen LogP contribution in [-0.4, -0.2) is 21.9 Å². The van der Waals surface area contributed by atoms with Gasteiger partial charge in [0.05, 0.1) is 11.7 Å². The van der Waals surface area contributed by atoms with Crippen LogP contribution in [0.5, 0.6) is 0 Å². The highest BCUT2D eigenvalue weighted by Crippen LogP contribution is 2.68. The molecule has 0 aromatic carbocycles. The van der Waals surface area contributed by atoms with Crippen LogP contribution in [0.2, 0.25) is 0 Å². The van der Waals surface area contributed by atoms with E-state index >= 15 is 0 Å². The van der Waals surface area contributed by atoms with Crippen LogP contribution in [0.1, 0.15) is 112 Å². The highest BCUT2D eigenvalue weighted by molar-refractivity contribution is 5.10. The Morgan fingerprint density at radius 1 is 0.800 bits per heavy atom. The predicted molar refractivity (Wildman–Crippen MR) is 125 cm³/mol. The molecule has 4 aliphatic carbocycles. The van der Waals surface area contributed by atoms with Gasteiger partial charge in [0.1, 0.15) is 0 Å². The van der Waals surface area contributed by atoms with E-state index in [0.29, 0.717) is 28.6 Å². The first-order chi connectivity index (χ1) is 14.0. The van der Waals surface area contributed by atoms with Gasteiger partial charge in [0.2, 0.25) is 0 Å². The fourth-order valence-electron chi connectivity index (χ4n) is 9.37. The predicted octanol–water partition coefficient (Wildman–Crippen LogP) is 6.83. The molecule has 10 atom stereocenters. The van der Waals surface area contributed by atoms with E-state index in [4.69, 9.17) is 0 Å². The van der Waals surface area contributed by atoms with E-state index in [1.807, 2.05) is 0 Å². The lowest BCUT2D eigenvalue weighted by molar-refractivity contribution is -0.149. The van der Waals surface area contributed by atoms with Crippen molar-refractivity contribution in [1.82, 2.24) is 0 Å². The second-order valence-corrected chi connectivity index (χ2v) is 13.5. The van der Waals surface area contributed by atoms with Crippen molar-refractivity contribution in [3.63, 3.8) is 0 Å². The topological polar surface area (TPSA) is 40.5 Å². The van der Waals surface area contributed by atoms with E-state index in [2.05, 4.69) is 41.5 Å². The molecule has 0 bridgehead atoms. The highest BCUT2D eigenvalue weighted by atomic mass is 16.3. The molecule has 0 unspecified atom stereocenters. The molecule has 0 aliphatic heterocycles. The van der Waals surface area contributed by atoms with Crippen molar-refractivity contribution in [3.8, 4) is 0 Å². The van der Waals surface area contributed by atoms with Gasteiger partial charge in [-0.2, -0.15) is 0 Å². The Labute approximate surface area is 186 Å². The zero-order valence-corrected chi connectivity index (χ0v) is 20.8. The van der Waals surface area contributed by atoms with Gasteiger partial charge in [0, 0.05) is 0 Å². The molecule has 0 saturated heterocycles. The van der Waals surface area contributed by atoms with Crippen molar-refractivity contribution in [2.75, 3.05) is 0 Å².